The van der Waals surface area contributed by atoms with Crippen molar-refractivity contribution in [1.29, 1.82) is 0 Å². The van der Waals surface area contributed by atoms with Gasteiger partial charge in [-0.3, -0.25) is 9.78 Å². The molecule has 1 N–H and O–H groups in total. The number of pyridine rings is 1. The molecule has 0 saturated heterocycles. The number of carbonyl (C=O) groups is 2. The summed E-state index contributed by atoms with van der Waals surface area (Å²) in [6, 6.07) is 10.1. The highest BCUT2D eigenvalue weighted by atomic mass is 16.5. The van der Waals surface area contributed by atoms with Gasteiger partial charge in [0.25, 0.3) is 5.91 Å². The van der Waals surface area contributed by atoms with Gasteiger partial charge in [-0.2, -0.15) is 10.1 Å². The van der Waals surface area contributed by atoms with Crippen LogP contribution in [0.5, 0.6) is 0 Å². The van der Waals surface area contributed by atoms with Gasteiger partial charge in [0.1, 0.15) is 0 Å². The molecule has 8 heteroatoms. The molecule has 1 unspecified atom stereocenters. The molecule has 8 nitrogen and oxygen atoms in total. The van der Waals surface area contributed by atoms with Gasteiger partial charge in [-0.15, -0.1) is 0 Å². The van der Waals surface area contributed by atoms with Crippen molar-refractivity contribution in [3.63, 3.8) is 0 Å². The average molecular weight is 368 g/mol. The van der Waals surface area contributed by atoms with Crippen molar-refractivity contribution in [3.05, 3.63) is 59.9 Å². The molecular weight excluding hydrogens is 348 g/mol. The molecule has 0 saturated carbocycles. The number of methoxy groups -OCH3 is 1. The summed E-state index contributed by atoms with van der Waals surface area (Å²) < 4.78 is 4.71. The molecule has 0 aliphatic carbocycles. The maximum absolute atomic E-state index is 12.9. The lowest BCUT2D eigenvalue weighted by Crippen LogP contribution is -2.43. The predicted molar refractivity (Wildman–Crippen MR) is 99.1 cm³/mol. The second-order valence-corrected chi connectivity index (χ2v) is 6.33. The zero-order chi connectivity index (χ0) is 19.6. The first-order valence-corrected chi connectivity index (χ1v) is 8.27. The Morgan fingerprint density at radius 3 is 2.33 bits per heavy atom. The molecular formula is C19H20N4O4. The Hall–Kier alpha value is -3.26. The molecule has 0 radical (unpaired) electrons. The monoisotopic (exact) mass is 368 g/mol. The molecule has 0 fully saturated rings. The summed E-state index contributed by atoms with van der Waals surface area (Å²) in [6.45, 7) is 0. The average Bonchev–Trinajstić information content (AvgIpc) is 3.06. The van der Waals surface area contributed by atoms with E-state index in [1.807, 2.05) is 31.1 Å². The Balaban J connectivity index is 2.03. The molecule has 2 aromatic rings. The fourth-order valence-corrected chi connectivity index (χ4v) is 2.86. The molecule has 1 atom stereocenters. The van der Waals surface area contributed by atoms with Gasteiger partial charge in [-0.1, -0.05) is 12.1 Å². The van der Waals surface area contributed by atoms with Gasteiger partial charge in [-0.25, -0.2) is 4.79 Å². The van der Waals surface area contributed by atoms with E-state index in [4.69, 9.17) is 4.74 Å². The minimum absolute atomic E-state index is 0.0286. The third kappa shape index (κ3) is 3.39. The zero-order valence-electron chi connectivity index (χ0n) is 15.3. The van der Waals surface area contributed by atoms with Crippen LogP contribution in [0.2, 0.25) is 0 Å². The number of nitrogens with zero attached hydrogens (tertiary/aromatic N) is 4. The molecule has 0 spiro atoms. The van der Waals surface area contributed by atoms with Gasteiger partial charge in [0, 0.05) is 43.3 Å². The van der Waals surface area contributed by atoms with Crippen LogP contribution in [0, 0.1) is 0 Å². The van der Waals surface area contributed by atoms with E-state index in [1.165, 1.54) is 31.6 Å². The molecule has 1 aromatic heterocycles. The van der Waals surface area contributed by atoms with Crippen LogP contribution >= 0.6 is 0 Å². The first-order chi connectivity index (χ1) is 12.9. The largest absolute Gasteiger partial charge is 0.464 e. The Kier molecular flexibility index (Phi) is 4.91. The highest BCUT2D eigenvalue weighted by Gasteiger charge is 2.48. The van der Waals surface area contributed by atoms with Crippen LogP contribution in [0.25, 0.3) is 0 Å². The number of anilines is 1. The van der Waals surface area contributed by atoms with Crippen LogP contribution in [-0.2, 0) is 15.3 Å². The maximum Gasteiger partial charge on any atom is 0.354 e. The summed E-state index contributed by atoms with van der Waals surface area (Å²) in [5.41, 5.74) is -0.156. The van der Waals surface area contributed by atoms with Crippen LogP contribution in [-0.4, -0.2) is 53.9 Å². The van der Waals surface area contributed by atoms with Crippen LogP contribution < -0.4 is 4.90 Å². The van der Waals surface area contributed by atoms with Crippen molar-refractivity contribution in [1.82, 2.24) is 9.99 Å². The summed E-state index contributed by atoms with van der Waals surface area (Å²) >= 11 is 0. The van der Waals surface area contributed by atoms with Crippen LogP contribution in [0.15, 0.2) is 53.9 Å². The molecule has 3 rings (SSSR count). The lowest BCUT2D eigenvalue weighted by molar-refractivity contribution is -0.133. The molecule has 27 heavy (non-hydrogen) atoms. The van der Waals surface area contributed by atoms with E-state index in [1.54, 1.807) is 12.1 Å². The number of benzene rings is 1. The number of aromatic nitrogens is 1. The number of amides is 1. The maximum atomic E-state index is 12.9. The smallest absolute Gasteiger partial charge is 0.354 e. The number of esters is 1. The number of ether oxygens (including phenoxy) is 1. The Bertz CT molecular complexity index is 880. The molecule has 0 bridgehead atoms. The minimum Gasteiger partial charge on any atom is -0.464 e. The Labute approximate surface area is 156 Å². The van der Waals surface area contributed by atoms with Crippen molar-refractivity contribution in [2.75, 3.05) is 26.1 Å². The highest BCUT2D eigenvalue weighted by Crippen LogP contribution is 2.37. The number of rotatable bonds is 4. The van der Waals surface area contributed by atoms with E-state index < -0.39 is 17.6 Å². The predicted octanol–water partition coefficient (Wildman–Crippen LogP) is 1.37. The molecule has 1 amide bonds. The van der Waals surface area contributed by atoms with Crippen molar-refractivity contribution in [2.45, 2.75) is 12.1 Å². The van der Waals surface area contributed by atoms with Gasteiger partial charge in [0.15, 0.2) is 11.4 Å². The first kappa shape index (κ1) is 18.5. The summed E-state index contributed by atoms with van der Waals surface area (Å²) in [5.74, 6) is -1.24. The van der Waals surface area contributed by atoms with Gasteiger partial charge in [-0.05, 0) is 24.3 Å². The summed E-state index contributed by atoms with van der Waals surface area (Å²) in [6.07, 6.45) is 2.77. The second kappa shape index (κ2) is 7.16. The second-order valence-electron chi connectivity index (χ2n) is 6.33. The van der Waals surface area contributed by atoms with E-state index in [9.17, 15) is 14.7 Å². The highest BCUT2D eigenvalue weighted by molar-refractivity contribution is 6.37. The number of carbonyl (C=O) groups excluding carboxylic acids is 2. The van der Waals surface area contributed by atoms with Crippen LogP contribution in [0.4, 0.5) is 5.69 Å². The molecule has 1 aromatic carbocycles. The molecule has 1 aliphatic heterocycles. The third-order valence-electron chi connectivity index (χ3n) is 4.37. The van der Waals surface area contributed by atoms with E-state index in [0.29, 0.717) is 11.1 Å². The number of hydrazone groups is 1. The fourth-order valence-electron chi connectivity index (χ4n) is 2.86. The van der Waals surface area contributed by atoms with Gasteiger partial charge >= 0.3 is 5.97 Å². The molecule has 2 heterocycles. The lowest BCUT2D eigenvalue weighted by Gasteiger charge is -2.31. The third-order valence-corrected chi connectivity index (χ3v) is 4.37. The number of hydrogen-bond donors (Lipinski definition) is 1. The van der Waals surface area contributed by atoms with E-state index in [2.05, 4.69) is 10.1 Å². The SMILES string of the molecule is COC(=O)C1=NN(C(=O)c2ccncc2)C(O)(c2ccc(N(C)C)cc2)C1. The van der Waals surface area contributed by atoms with Gasteiger partial charge in [0.2, 0.25) is 0 Å². The van der Waals surface area contributed by atoms with E-state index in [-0.39, 0.29) is 12.1 Å². The topological polar surface area (TPSA) is 95.3 Å². The fraction of sp³-hybridized carbons (Fsp3) is 0.263. The van der Waals surface area contributed by atoms with Crippen molar-refractivity contribution < 1.29 is 19.4 Å². The number of hydrogen-bond acceptors (Lipinski definition) is 7. The summed E-state index contributed by atoms with van der Waals surface area (Å²) in [7, 11) is 5.02. The van der Waals surface area contributed by atoms with Crippen molar-refractivity contribution in [2.24, 2.45) is 5.10 Å². The van der Waals surface area contributed by atoms with Crippen LogP contribution in [0.3, 0.4) is 0 Å². The van der Waals surface area contributed by atoms with Crippen molar-refractivity contribution >= 4 is 23.3 Å². The molecule has 140 valence electrons. The summed E-state index contributed by atoms with van der Waals surface area (Å²) in [5, 5.41) is 16.3. The van der Waals surface area contributed by atoms with E-state index in [0.717, 1.165) is 10.7 Å². The standard InChI is InChI=1S/C19H20N4O4/c1-22(2)15-6-4-14(5-7-15)19(26)12-16(18(25)27-3)21-23(19)17(24)13-8-10-20-11-9-13/h4-11,26H,12H2,1-3H3. The van der Waals surface area contributed by atoms with Crippen molar-refractivity contribution in [3.8, 4) is 0 Å². The quantitative estimate of drug-likeness (QED) is 0.819. The Morgan fingerprint density at radius 2 is 1.78 bits per heavy atom. The molecule has 1 aliphatic rings. The summed E-state index contributed by atoms with van der Waals surface area (Å²) in [4.78, 5) is 30.7. The van der Waals surface area contributed by atoms with Crippen LogP contribution in [0.1, 0.15) is 22.3 Å². The Morgan fingerprint density at radius 1 is 1.15 bits per heavy atom. The van der Waals surface area contributed by atoms with E-state index >= 15 is 0 Å². The first-order valence-electron chi connectivity index (χ1n) is 8.27. The van der Waals surface area contributed by atoms with Gasteiger partial charge in [0.05, 0.1) is 13.5 Å². The normalized spacial score (nSPS) is 18.8. The zero-order valence-corrected chi connectivity index (χ0v) is 15.3. The number of aliphatic hydroxyl groups is 1. The lowest BCUT2D eigenvalue weighted by atomic mass is 9.96. The minimum atomic E-state index is -1.80. The van der Waals surface area contributed by atoms with Gasteiger partial charge < -0.3 is 14.7 Å².